The number of nitriles is 1. The van der Waals surface area contributed by atoms with Crippen molar-refractivity contribution in [3.63, 3.8) is 0 Å². The first kappa shape index (κ1) is 9.99. The first-order valence-electron chi connectivity index (χ1n) is 4.69. The second kappa shape index (κ2) is 4.32. The molecule has 0 unspecified atom stereocenters. The van der Waals surface area contributed by atoms with Crippen molar-refractivity contribution in [2.75, 3.05) is 0 Å². The van der Waals surface area contributed by atoms with Crippen molar-refractivity contribution in [2.45, 2.75) is 0 Å². The minimum atomic E-state index is -0.0281. The number of hydrogen-bond donors (Lipinski definition) is 1. The van der Waals surface area contributed by atoms with E-state index in [1.807, 2.05) is 22.9 Å². The van der Waals surface area contributed by atoms with Crippen LogP contribution in [0.25, 0.3) is 11.4 Å². The second-order valence-corrected chi connectivity index (χ2v) is 3.18. The van der Waals surface area contributed by atoms with E-state index in [0.717, 1.165) is 11.8 Å². The molecule has 0 amide bonds. The number of hydrogen-bond acceptors (Lipinski definition) is 3. The molecule has 1 aromatic heterocycles. The molecule has 16 heavy (non-hydrogen) atoms. The fourth-order valence-corrected chi connectivity index (χ4v) is 1.36. The first-order chi connectivity index (χ1) is 7.81. The Morgan fingerprint density at radius 2 is 2.12 bits per heavy atom. The van der Waals surface area contributed by atoms with Gasteiger partial charge in [0, 0.05) is 23.6 Å². The molecule has 0 bridgehead atoms. The molecule has 78 valence electrons. The monoisotopic (exact) mass is 211 g/mol. The second-order valence-electron chi connectivity index (χ2n) is 3.18. The van der Waals surface area contributed by atoms with E-state index in [0.29, 0.717) is 5.56 Å². The maximum absolute atomic E-state index is 9.46. The summed E-state index contributed by atoms with van der Waals surface area (Å²) in [5.41, 5.74) is 1.57. The van der Waals surface area contributed by atoms with E-state index >= 15 is 0 Å². The van der Waals surface area contributed by atoms with E-state index in [1.165, 1.54) is 0 Å². The Morgan fingerprint density at radius 3 is 2.69 bits per heavy atom. The van der Waals surface area contributed by atoms with Crippen LogP contribution in [0.15, 0.2) is 49.1 Å². The number of aliphatic hydroxyl groups excluding tert-OH is 1. The third-order valence-corrected chi connectivity index (χ3v) is 2.17. The summed E-state index contributed by atoms with van der Waals surface area (Å²) < 4.78 is 1.86. The lowest BCUT2D eigenvalue weighted by Crippen LogP contribution is -1.90. The number of aromatic nitrogens is 2. The summed E-state index contributed by atoms with van der Waals surface area (Å²) in [6, 6.07) is 8.97. The molecule has 2 aromatic rings. The van der Waals surface area contributed by atoms with Gasteiger partial charge in [-0.3, -0.25) is 0 Å². The van der Waals surface area contributed by atoms with Crippen LogP contribution in [0.5, 0.6) is 0 Å². The Balaban J connectivity index is 2.31. The SMILES string of the molecule is N#C/C=C(/O)c1ccc(-n2ccnc2)cc1. The zero-order valence-corrected chi connectivity index (χ0v) is 8.41. The summed E-state index contributed by atoms with van der Waals surface area (Å²) >= 11 is 0. The highest BCUT2D eigenvalue weighted by Gasteiger charge is 1.99. The normalized spacial score (nSPS) is 11.1. The summed E-state index contributed by atoms with van der Waals surface area (Å²) in [5.74, 6) is -0.0281. The van der Waals surface area contributed by atoms with E-state index in [9.17, 15) is 5.11 Å². The Hall–Kier alpha value is -2.54. The van der Waals surface area contributed by atoms with Crippen LogP contribution in [0.3, 0.4) is 0 Å². The van der Waals surface area contributed by atoms with Gasteiger partial charge in [0.2, 0.25) is 0 Å². The molecule has 0 spiro atoms. The van der Waals surface area contributed by atoms with Crippen molar-refractivity contribution in [2.24, 2.45) is 0 Å². The highest BCUT2D eigenvalue weighted by molar-refractivity contribution is 5.61. The van der Waals surface area contributed by atoms with Gasteiger partial charge in [-0.05, 0) is 24.3 Å². The van der Waals surface area contributed by atoms with Gasteiger partial charge in [-0.15, -0.1) is 0 Å². The topological polar surface area (TPSA) is 61.8 Å². The van der Waals surface area contributed by atoms with Crippen molar-refractivity contribution in [3.8, 4) is 11.8 Å². The van der Waals surface area contributed by atoms with E-state index < -0.39 is 0 Å². The summed E-state index contributed by atoms with van der Waals surface area (Å²) in [7, 11) is 0. The number of rotatable bonds is 2. The lowest BCUT2D eigenvalue weighted by atomic mass is 10.1. The maximum atomic E-state index is 9.46. The molecule has 0 saturated heterocycles. The predicted octanol–water partition coefficient (Wildman–Crippen LogP) is 2.29. The van der Waals surface area contributed by atoms with Gasteiger partial charge in [0.1, 0.15) is 5.76 Å². The first-order valence-corrected chi connectivity index (χ1v) is 4.69. The average Bonchev–Trinajstić information content (AvgIpc) is 2.83. The Kier molecular flexibility index (Phi) is 2.70. The van der Waals surface area contributed by atoms with E-state index in [4.69, 9.17) is 5.26 Å². The molecular formula is C12H9N3O. The predicted molar refractivity (Wildman–Crippen MR) is 59.8 cm³/mol. The van der Waals surface area contributed by atoms with Gasteiger partial charge in [-0.1, -0.05) is 0 Å². The summed E-state index contributed by atoms with van der Waals surface area (Å²) in [6.45, 7) is 0. The van der Waals surface area contributed by atoms with E-state index in [2.05, 4.69) is 4.98 Å². The molecule has 0 saturated carbocycles. The van der Waals surface area contributed by atoms with Gasteiger partial charge in [0.05, 0.1) is 18.5 Å². The van der Waals surface area contributed by atoms with Crippen LogP contribution in [0.2, 0.25) is 0 Å². The molecule has 4 nitrogen and oxygen atoms in total. The Labute approximate surface area is 92.7 Å². The largest absolute Gasteiger partial charge is 0.507 e. The van der Waals surface area contributed by atoms with Crippen molar-refractivity contribution in [1.82, 2.24) is 9.55 Å². The molecule has 1 heterocycles. The summed E-state index contributed by atoms with van der Waals surface area (Å²) in [5, 5.41) is 17.9. The van der Waals surface area contributed by atoms with Gasteiger partial charge in [-0.2, -0.15) is 5.26 Å². The minimum absolute atomic E-state index is 0.0281. The standard InChI is InChI=1S/C12H9N3O/c13-6-5-12(16)10-1-3-11(4-2-10)15-8-7-14-9-15/h1-5,7-9,16H/b12-5+. The molecule has 0 aliphatic heterocycles. The van der Waals surface area contributed by atoms with Gasteiger partial charge in [0.15, 0.2) is 0 Å². The zero-order chi connectivity index (χ0) is 11.4. The molecule has 1 aromatic carbocycles. The molecule has 0 aliphatic rings. The van der Waals surface area contributed by atoms with Crippen LogP contribution in [0.1, 0.15) is 5.56 Å². The highest BCUT2D eigenvalue weighted by atomic mass is 16.3. The van der Waals surface area contributed by atoms with Crippen molar-refractivity contribution >= 4 is 5.76 Å². The highest BCUT2D eigenvalue weighted by Crippen LogP contribution is 2.14. The van der Waals surface area contributed by atoms with Gasteiger partial charge in [-0.25, -0.2) is 4.98 Å². The average molecular weight is 211 g/mol. The van der Waals surface area contributed by atoms with Crippen LogP contribution < -0.4 is 0 Å². The Morgan fingerprint density at radius 1 is 1.38 bits per heavy atom. The van der Waals surface area contributed by atoms with Crippen LogP contribution in [0, 0.1) is 11.3 Å². The quantitative estimate of drug-likeness (QED) is 0.612. The summed E-state index contributed by atoms with van der Waals surface area (Å²) in [6.07, 6.45) is 6.33. The van der Waals surface area contributed by atoms with Crippen LogP contribution >= 0.6 is 0 Å². The molecule has 0 atom stereocenters. The lowest BCUT2D eigenvalue weighted by molar-refractivity contribution is 0.512. The number of aliphatic hydroxyl groups is 1. The number of benzene rings is 1. The van der Waals surface area contributed by atoms with Gasteiger partial charge >= 0.3 is 0 Å². The maximum Gasteiger partial charge on any atom is 0.133 e. The van der Waals surface area contributed by atoms with E-state index in [1.54, 1.807) is 30.7 Å². The van der Waals surface area contributed by atoms with E-state index in [-0.39, 0.29) is 5.76 Å². The zero-order valence-electron chi connectivity index (χ0n) is 8.41. The molecule has 2 rings (SSSR count). The third kappa shape index (κ3) is 1.93. The van der Waals surface area contributed by atoms with Crippen LogP contribution in [-0.4, -0.2) is 14.7 Å². The van der Waals surface area contributed by atoms with Crippen LogP contribution in [0.4, 0.5) is 0 Å². The van der Waals surface area contributed by atoms with Crippen molar-refractivity contribution < 1.29 is 5.11 Å². The fraction of sp³-hybridized carbons (Fsp3) is 0. The molecular weight excluding hydrogens is 202 g/mol. The molecule has 1 N–H and O–H groups in total. The van der Waals surface area contributed by atoms with Crippen LogP contribution in [-0.2, 0) is 0 Å². The number of nitrogens with zero attached hydrogens (tertiary/aromatic N) is 3. The van der Waals surface area contributed by atoms with Crippen molar-refractivity contribution in [3.05, 3.63) is 54.6 Å². The van der Waals surface area contributed by atoms with Crippen molar-refractivity contribution in [1.29, 1.82) is 5.26 Å². The molecule has 0 radical (unpaired) electrons. The number of imidazole rings is 1. The minimum Gasteiger partial charge on any atom is -0.507 e. The summed E-state index contributed by atoms with van der Waals surface area (Å²) in [4.78, 5) is 3.94. The lowest BCUT2D eigenvalue weighted by Gasteiger charge is -2.03. The third-order valence-electron chi connectivity index (χ3n) is 2.17. The number of allylic oxidation sites excluding steroid dienone is 1. The molecule has 0 fully saturated rings. The smallest absolute Gasteiger partial charge is 0.133 e. The fourth-order valence-electron chi connectivity index (χ4n) is 1.36. The van der Waals surface area contributed by atoms with Gasteiger partial charge in [0.25, 0.3) is 0 Å². The Bertz CT molecular complexity index is 533. The molecule has 4 heteroatoms. The molecule has 0 aliphatic carbocycles. The van der Waals surface area contributed by atoms with Gasteiger partial charge < -0.3 is 9.67 Å².